The fraction of sp³-hybridized carbons (Fsp3) is 0.300. The largest absolute Gasteiger partial charge is 0.461 e. The van der Waals surface area contributed by atoms with E-state index in [0.717, 1.165) is 16.0 Å². The van der Waals surface area contributed by atoms with Gasteiger partial charge in [0.25, 0.3) is 11.8 Å². The van der Waals surface area contributed by atoms with Crippen LogP contribution in [0.3, 0.4) is 0 Å². The van der Waals surface area contributed by atoms with Gasteiger partial charge >= 0.3 is 5.97 Å². The third-order valence-corrected chi connectivity index (χ3v) is 8.30. The lowest BCUT2D eigenvalue weighted by atomic mass is 9.90. The van der Waals surface area contributed by atoms with E-state index in [9.17, 15) is 18.9 Å². The number of imide groups is 1. The Balaban J connectivity index is 1.53. The molecule has 3 atom stereocenters. The summed E-state index contributed by atoms with van der Waals surface area (Å²) < 4.78 is 24.0. The van der Waals surface area contributed by atoms with E-state index in [1.807, 2.05) is 44.2 Å². The van der Waals surface area contributed by atoms with Crippen molar-refractivity contribution in [3.63, 3.8) is 0 Å². The van der Waals surface area contributed by atoms with E-state index in [-0.39, 0.29) is 24.3 Å². The fourth-order valence-corrected chi connectivity index (χ4v) is 6.07. The number of anilines is 1. The molecule has 3 aromatic rings. The van der Waals surface area contributed by atoms with Gasteiger partial charge in [-0.15, -0.1) is 0 Å². The van der Waals surface area contributed by atoms with Crippen molar-refractivity contribution in [2.24, 2.45) is 11.8 Å². The van der Waals surface area contributed by atoms with Crippen molar-refractivity contribution in [3.8, 4) is 0 Å². The molecule has 0 aliphatic carbocycles. The number of benzene rings is 3. The standard InChI is InChI=1S/C30H32NO6P/c1-20(2)17-26(30(34)37-19-22-9-5-4-6-10-22)27(38(35)36-3)18-21-13-15-23(16-14-21)31-28(32)24-11-7-8-12-25(24)29(31)33/h4-16,20,26-27,38H,17-19H2,1-3H3. The number of hydrogen-bond acceptors (Lipinski definition) is 6. The Morgan fingerprint density at radius 2 is 1.42 bits per heavy atom. The van der Waals surface area contributed by atoms with Gasteiger partial charge in [-0.25, -0.2) is 4.90 Å². The van der Waals surface area contributed by atoms with Gasteiger partial charge in [0.1, 0.15) is 6.61 Å². The quantitative estimate of drug-likeness (QED) is 0.173. The fourth-order valence-electron chi connectivity index (χ4n) is 4.77. The Kier molecular flexibility index (Phi) is 8.93. The molecule has 7 nitrogen and oxygen atoms in total. The van der Waals surface area contributed by atoms with Crippen LogP contribution in [0, 0.1) is 11.8 Å². The van der Waals surface area contributed by atoms with Crippen molar-refractivity contribution < 1.29 is 28.2 Å². The molecule has 1 aliphatic rings. The smallest absolute Gasteiger partial charge is 0.310 e. The van der Waals surface area contributed by atoms with Gasteiger partial charge in [0.05, 0.1) is 28.4 Å². The zero-order valence-electron chi connectivity index (χ0n) is 21.8. The molecule has 0 fully saturated rings. The number of ether oxygens (including phenoxy) is 1. The van der Waals surface area contributed by atoms with E-state index in [2.05, 4.69) is 0 Å². The maximum Gasteiger partial charge on any atom is 0.310 e. The van der Waals surface area contributed by atoms with Gasteiger partial charge in [-0.05, 0) is 54.2 Å². The Morgan fingerprint density at radius 1 is 0.842 bits per heavy atom. The van der Waals surface area contributed by atoms with Crippen LogP contribution in [0.15, 0.2) is 78.9 Å². The molecule has 3 aromatic carbocycles. The van der Waals surface area contributed by atoms with Crippen molar-refractivity contribution in [2.45, 2.75) is 39.0 Å². The third kappa shape index (κ3) is 6.12. The lowest BCUT2D eigenvalue weighted by Gasteiger charge is -2.26. The molecule has 1 heterocycles. The van der Waals surface area contributed by atoms with Crippen molar-refractivity contribution in [3.05, 3.63) is 101 Å². The number of rotatable bonds is 11. The monoisotopic (exact) mass is 533 g/mol. The van der Waals surface area contributed by atoms with Gasteiger partial charge in [-0.3, -0.25) is 18.9 Å². The first-order valence-corrected chi connectivity index (χ1v) is 14.0. The van der Waals surface area contributed by atoms with Crippen LogP contribution < -0.4 is 4.90 Å². The molecule has 8 heteroatoms. The second-order valence-corrected chi connectivity index (χ2v) is 11.6. The van der Waals surface area contributed by atoms with Gasteiger partial charge < -0.3 is 9.26 Å². The minimum Gasteiger partial charge on any atom is -0.461 e. The lowest BCUT2D eigenvalue weighted by molar-refractivity contribution is -0.150. The number of fused-ring (bicyclic) bond motifs is 1. The minimum absolute atomic E-state index is 0.143. The molecule has 0 N–H and O–H groups in total. The van der Waals surface area contributed by atoms with Crippen LogP contribution in [0.5, 0.6) is 0 Å². The Morgan fingerprint density at radius 3 is 1.97 bits per heavy atom. The maximum atomic E-state index is 13.2. The second-order valence-electron chi connectivity index (χ2n) is 9.82. The van der Waals surface area contributed by atoms with E-state index >= 15 is 0 Å². The highest BCUT2D eigenvalue weighted by atomic mass is 31.1. The summed E-state index contributed by atoms with van der Waals surface area (Å²) in [4.78, 5) is 40.0. The normalized spacial score (nSPS) is 15.3. The summed E-state index contributed by atoms with van der Waals surface area (Å²) in [7, 11) is -1.19. The van der Waals surface area contributed by atoms with Crippen molar-refractivity contribution >= 4 is 31.5 Å². The first-order valence-electron chi connectivity index (χ1n) is 12.6. The molecule has 1 aliphatic heterocycles. The first-order chi connectivity index (χ1) is 18.3. The topological polar surface area (TPSA) is 90.0 Å². The van der Waals surface area contributed by atoms with Crippen molar-refractivity contribution in [1.82, 2.24) is 0 Å². The SMILES string of the molecule is CO[PH](=O)C(Cc1ccc(N2C(=O)c3ccccc3C2=O)cc1)C(CC(C)C)C(=O)OCc1ccccc1. The third-order valence-electron chi connectivity index (χ3n) is 6.69. The zero-order chi connectivity index (χ0) is 27.2. The number of amides is 2. The number of esters is 1. The van der Waals surface area contributed by atoms with Crippen molar-refractivity contribution in [1.29, 1.82) is 0 Å². The number of hydrogen-bond donors (Lipinski definition) is 0. The summed E-state index contributed by atoms with van der Waals surface area (Å²) in [5.41, 5.74) is 2.34. The molecule has 2 amide bonds. The first kappa shape index (κ1) is 27.5. The summed E-state index contributed by atoms with van der Waals surface area (Å²) in [6.07, 6.45) is 0.830. The maximum absolute atomic E-state index is 13.2. The highest BCUT2D eigenvalue weighted by Crippen LogP contribution is 2.40. The van der Waals surface area contributed by atoms with Crippen LogP contribution in [0.1, 0.15) is 52.1 Å². The van der Waals surface area contributed by atoms with Gasteiger partial charge in [0.15, 0.2) is 8.03 Å². The van der Waals surface area contributed by atoms with Crippen LogP contribution in [0.25, 0.3) is 0 Å². The van der Waals surface area contributed by atoms with E-state index < -0.39 is 25.6 Å². The lowest BCUT2D eigenvalue weighted by Crippen LogP contribution is -2.31. The van der Waals surface area contributed by atoms with Gasteiger partial charge in [0, 0.05) is 7.11 Å². The molecule has 0 saturated carbocycles. The van der Waals surface area contributed by atoms with E-state index in [1.165, 1.54) is 7.11 Å². The average Bonchev–Trinajstić information content (AvgIpc) is 3.19. The Bertz CT molecular complexity index is 1290. The van der Waals surface area contributed by atoms with Gasteiger partial charge in [0.2, 0.25) is 0 Å². The molecule has 0 bridgehead atoms. The van der Waals surface area contributed by atoms with Crippen LogP contribution >= 0.6 is 8.03 Å². The van der Waals surface area contributed by atoms with Gasteiger partial charge in [-0.2, -0.15) is 0 Å². The summed E-state index contributed by atoms with van der Waals surface area (Å²) >= 11 is 0. The number of carbonyl (C=O) groups excluding carboxylic acids is 3. The molecule has 198 valence electrons. The second kappa shape index (κ2) is 12.3. The number of nitrogens with zero attached hydrogens (tertiary/aromatic N) is 1. The predicted octanol–water partition coefficient (Wildman–Crippen LogP) is 5.93. The highest BCUT2D eigenvalue weighted by Gasteiger charge is 2.37. The Hall–Kier alpha value is -3.54. The summed E-state index contributed by atoms with van der Waals surface area (Å²) in [6.45, 7) is 4.16. The molecule has 0 radical (unpaired) electrons. The average molecular weight is 534 g/mol. The van der Waals surface area contributed by atoms with Crippen molar-refractivity contribution in [2.75, 3.05) is 12.0 Å². The zero-order valence-corrected chi connectivity index (χ0v) is 22.8. The van der Waals surface area contributed by atoms with E-state index in [0.29, 0.717) is 29.7 Å². The van der Waals surface area contributed by atoms with Crippen LogP contribution in [-0.2, 0) is 31.6 Å². The highest BCUT2D eigenvalue weighted by molar-refractivity contribution is 7.40. The predicted molar refractivity (Wildman–Crippen MR) is 147 cm³/mol. The summed E-state index contributed by atoms with van der Waals surface area (Å²) in [6, 6.07) is 23.1. The molecule has 0 saturated heterocycles. The molecular weight excluding hydrogens is 501 g/mol. The van der Waals surface area contributed by atoms with Crippen LogP contribution in [0.4, 0.5) is 5.69 Å². The number of carbonyl (C=O) groups is 3. The Labute approximate surface area is 223 Å². The summed E-state index contributed by atoms with van der Waals surface area (Å²) in [5, 5.41) is 0. The molecule has 3 unspecified atom stereocenters. The summed E-state index contributed by atoms with van der Waals surface area (Å²) in [5.74, 6) is -1.56. The van der Waals surface area contributed by atoms with Gasteiger partial charge in [-0.1, -0.05) is 68.4 Å². The van der Waals surface area contributed by atoms with E-state index in [4.69, 9.17) is 9.26 Å². The minimum atomic E-state index is -2.58. The molecule has 0 aromatic heterocycles. The molecule has 0 spiro atoms. The molecule has 4 rings (SSSR count). The van der Waals surface area contributed by atoms with Crippen LogP contribution in [0.2, 0.25) is 0 Å². The van der Waals surface area contributed by atoms with Crippen LogP contribution in [-0.4, -0.2) is 30.6 Å². The van der Waals surface area contributed by atoms with E-state index in [1.54, 1.807) is 48.5 Å². The molecule has 38 heavy (non-hydrogen) atoms. The molecular formula is C30H32NO6P.